The minimum atomic E-state index is -3.86. The minimum absolute atomic E-state index is 0.0509. The second-order valence-corrected chi connectivity index (χ2v) is 9.15. The summed E-state index contributed by atoms with van der Waals surface area (Å²) in [6.45, 7) is 5.39. The van der Waals surface area contributed by atoms with E-state index in [0.717, 1.165) is 23.7 Å². The fourth-order valence-corrected chi connectivity index (χ4v) is 5.27. The van der Waals surface area contributed by atoms with Gasteiger partial charge in [0.05, 0.1) is 9.82 Å². The molecule has 1 aliphatic rings. The van der Waals surface area contributed by atoms with E-state index in [4.69, 9.17) is 4.74 Å². The van der Waals surface area contributed by atoms with Gasteiger partial charge in [-0.1, -0.05) is 32.0 Å². The number of carbonyl (C=O) groups is 1. The Morgan fingerprint density at radius 1 is 1.23 bits per heavy atom. The molecule has 0 saturated carbocycles. The molecule has 1 amide bonds. The summed E-state index contributed by atoms with van der Waals surface area (Å²) in [5.74, 6) is -0.483. The third-order valence-electron chi connectivity index (χ3n) is 5.30. The maximum atomic E-state index is 12.8. The van der Waals surface area contributed by atoms with E-state index in [1.54, 1.807) is 18.7 Å². The fraction of sp³-hybridized carbons (Fsp3) is 0.381. The lowest BCUT2D eigenvalue weighted by Gasteiger charge is -2.23. The number of ether oxygens (including phenoxy) is 1. The molecule has 2 aromatic rings. The maximum Gasteiger partial charge on any atom is 0.312 e. The number of fused-ring (bicyclic) bond motifs is 1. The molecule has 1 unspecified atom stereocenters. The van der Waals surface area contributed by atoms with Gasteiger partial charge in [0.15, 0.2) is 12.4 Å². The van der Waals surface area contributed by atoms with Crippen LogP contribution in [0.2, 0.25) is 0 Å². The smallest absolute Gasteiger partial charge is 0.312 e. The Kier molecular flexibility index (Phi) is 6.61. The van der Waals surface area contributed by atoms with Gasteiger partial charge in [0.2, 0.25) is 10.0 Å². The molecule has 9 nitrogen and oxygen atoms in total. The van der Waals surface area contributed by atoms with Crippen LogP contribution >= 0.6 is 0 Å². The molecule has 0 aromatic heterocycles. The van der Waals surface area contributed by atoms with E-state index in [-0.39, 0.29) is 35.7 Å². The normalized spacial score (nSPS) is 15.7. The van der Waals surface area contributed by atoms with Crippen LogP contribution in [0.5, 0.6) is 5.75 Å². The highest BCUT2D eigenvalue weighted by atomic mass is 32.2. The van der Waals surface area contributed by atoms with E-state index < -0.39 is 27.2 Å². The van der Waals surface area contributed by atoms with Crippen molar-refractivity contribution in [1.82, 2.24) is 4.31 Å². The van der Waals surface area contributed by atoms with Crippen LogP contribution in [0.3, 0.4) is 0 Å². The number of carbonyl (C=O) groups excluding carboxylic acids is 1. The van der Waals surface area contributed by atoms with Crippen molar-refractivity contribution >= 4 is 27.3 Å². The largest absolute Gasteiger partial charge is 0.477 e. The van der Waals surface area contributed by atoms with Gasteiger partial charge in [-0.2, -0.15) is 4.31 Å². The van der Waals surface area contributed by atoms with Crippen LogP contribution in [0.25, 0.3) is 0 Å². The van der Waals surface area contributed by atoms with Gasteiger partial charge in [-0.05, 0) is 37.1 Å². The monoisotopic (exact) mass is 447 g/mol. The summed E-state index contributed by atoms with van der Waals surface area (Å²) in [5, 5.41) is 11.5. The van der Waals surface area contributed by atoms with Gasteiger partial charge in [0.25, 0.3) is 5.91 Å². The van der Waals surface area contributed by atoms with Crippen LogP contribution in [0.4, 0.5) is 11.4 Å². The maximum absolute atomic E-state index is 12.8. The van der Waals surface area contributed by atoms with Crippen molar-refractivity contribution in [3.8, 4) is 5.75 Å². The topological polar surface area (TPSA) is 110 Å². The molecule has 166 valence electrons. The highest BCUT2D eigenvalue weighted by molar-refractivity contribution is 7.89. The average Bonchev–Trinajstić information content (AvgIpc) is 3.08. The Morgan fingerprint density at radius 2 is 1.90 bits per heavy atom. The lowest BCUT2D eigenvalue weighted by molar-refractivity contribution is -0.386. The second-order valence-electron chi connectivity index (χ2n) is 7.21. The van der Waals surface area contributed by atoms with Crippen molar-refractivity contribution < 1.29 is 22.9 Å². The van der Waals surface area contributed by atoms with Crippen molar-refractivity contribution in [2.45, 2.75) is 38.1 Å². The molecule has 2 aromatic carbocycles. The van der Waals surface area contributed by atoms with E-state index >= 15 is 0 Å². The van der Waals surface area contributed by atoms with Crippen molar-refractivity contribution in [2.24, 2.45) is 0 Å². The summed E-state index contributed by atoms with van der Waals surface area (Å²) in [4.78, 5) is 25.1. The molecule has 1 heterocycles. The predicted molar refractivity (Wildman–Crippen MR) is 116 cm³/mol. The van der Waals surface area contributed by atoms with Crippen molar-refractivity contribution in [2.75, 3.05) is 24.6 Å². The molecule has 1 atom stereocenters. The quantitative estimate of drug-likeness (QED) is 0.454. The lowest BCUT2D eigenvalue weighted by atomic mass is 10.1. The van der Waals surface area contributed by atoms with Crippen molar-refractivity contribution in [3.05, 3.63) is 58.1 Å². The fourth-order valence-electron chi connectivity index (χ4n) is 3.79. The van der Waals surface area contributed by atoms with E-state index in [2.05, 4.69) is 0 Å². The average molecular weight is 448 g/mol. The Labute approximate surface area is 181 Å². The number of hydrogen-bond donors (Lipinski definition) is 0. The number of anilines is 1. The molecule has 0 bridgehead atoms. The van der Waals surface area contributed by atoms with Crippen molar-refractivity contribution in [3.63, 3.8) is 0 Å². The van der Waals surface area contributed by atoms with Crippen LogP contribution in [0, 0.1) is 10.1 Å². The van der Waals surface area contributed by atoms with E-state index in [0.29, 0.717) is 0 Å². The summed E-state index contributed by atoms with van der Waals surface area (Å²) >= 11 is 0. The zero-order chi connectivity index (χ0) is 22.8. The third kappa shape index (κ3) is 4.40. The molecule has 10 heteroatoms. The number of benzene rings is 2. The number of amides is 1. The number of sulfonamides is 1. The molecule has 0 spiro atoms. The predicted octanol–water partition coefficient (Wildman–Crippen LogP) is 2.98. The van der Waals surface area contributed by atoms with Crippen LogP contribution in [0.1, 0.15) is 26.3 Å². The first-order chi connectivity index (χ1) is 14.7. The summed E-state index contributed by atoms with van der Waals surface area (Å²) in [6, 6.07) is 11.0. The van der Waals surface area contributed by atoms with Crippen LogP contribution in [-0.2, 0) is 21.2 Å². The third-order valence-corrected chi connectivity index (χ3v) is 7.34. The Hall–Kier alpha value is -2.98. The van der Waals surface area contributed by atoms with E-state index in [9.17, 15) is 23.3 Å². The zero-order valence-corrected chi connectivity index (χ0v) is 18.5. The molecule has 0 saturated heterocycles. The van der Waals surface area contributed by atoms with Crippen molar-refractivity contribution in [1.29, 1.82) is 0 Å². The first-order valence-electron chi connectivity index (χ1n) is 10.0. The van der Waals surface area contributed by atoms with Gasteiger partial charge in [-0.15, -0.1) is 0 Å². The van der Waals surface area contributed by atoms with Crippen LogP contribution in [0.15, 0.2) is 47.4 Å². The second kappa shape index (κ2) is 9.03. The highest BCUT2D eigenvalue weighted by Gasteiger charge is 2.31. The highest BCUT2D eigenvalue weighted by Crippen LogP contribution is 2.33. The summed E-state index contributed by atoms with van der Waals surface area (Å²) in [5.41, 5.74) is 1.36. The van der Waals surface area contributed by atoms with Gasteiger partial charge < -0.3 is 9.64 Å². The van der Waals surface area contributed by atoms with Gasteiger partial charge in [-0.3, -0.25) is 14.9 Å². The Bertz CT molecular complexity index is 1100. The van der Waals surface area contributed by atoms with Gasteiger partial charge in [0.1, 0.15) is 0 Å². The van der Waals surface area contributed by atoms with Crippen LogP contribution in [-0.4, -0.2) is 49.3 Å². The molecule has 3 rings (SSSR count). The SMILES string of the molecule is CCN(CC)S(=O)(=O)c1ccc(OCC(=O)N2c3ccccc3CC2C)c([N+](=O)[O-])c1. The number of para-hydroxylation sites is 1. The first-order valence-corrected chi connectivity index (χ1v) is 11.5. The van der Waals surface area contributed by atoms with Gasteiger partial charge >= 0.3 is 5.69 Å². The standard InChI is InChI=1S/C21H25N3O6S/c1-4-22(5-2)31(28,29)17-10-11-20(19(13-17)24(26)27)30-14-21(25)23-15(3)12-16-8-6-7-9-18(16)23/h6-11,13,15H,4-5,12,14H2,1-3H3. The summed E-state index contributed by atoms with van der Waals surface area (Å²) in [7, 11) is -3.86. The van der Waals surface area contributed by atoms with Crippen LogP contribution < -0.4 is 9.64 Å². The summed E-state index contributed by atoms with van der Waals surface area (Å²) < 4.78 is 32.0. The molecular formula is C21H25N3O6S. The summed E-state index contributed by atoms with van der Waals surface area (Å²) in [6.07, 6.45) is 0.722. The minimum Gasteiger partial charge on any atom is -0.477 e. The van der Waals surface area contributed by atoms with E-state index in [1.165, 1.54) is 16.4 Å². The molecule has 0 fully saturated rings. The molecular weight excluding hydrogens is 422 g/mol. The molecule has 0 aliphatic carbocycles. The zero-order valence-electron chi connectivity index (χ0n) is 17.6. The number of nitrogens with zero attached hydrogens (tertiary/aromatic N) is 3. The lowest BCUT2D eigenvalue weighted by Crippen LogP contribution is -2.39. The molecule has 0 N–H and O–H groups in total. The Morgan fingerprint density at radius 3 is 2.55 bits per heavy atom. The number of nitro groups is 1. The molecule has 0 radical (unpaired) electrons. The number of nitro benzene ring substituents is 1. The molecule has 1 aliphatic heterocycles. The molecule has 31 heavy (non-hydrogen) atoms. The van der Waals surface area contributed by atoms with Gasteiger partial charge in [-0.25, -0.2) is 8.42 Å². The van der Waals surface area contributed by atoms with E-state index in [1.807, 2.05) is 31.2 Å². The number of rotatable bonds is 8. The number of hydrogen-bond acceptors (Lipinski definition) is 6. The van der Waals surface area contributed by atoms with Gasteiger partial charge in [0, 0.05) is 30.9 Å². The first kappa shape index (κ1) is 22.7. The Balaban J connectivity index is 1.82.